The molecule has 0 amide bonds. The van der Waals surface area contributed by atoms with E-state index in [4.69, 9.17) is 18.9 Å². The quantitative estimate of drug-likeness (QED) is 0.849. The molecule has 2 fully saturated rings. The van der Waals surface area contributed by atoms with Crippen LogP contribution in [0.2, 0.25) is 0 Å². The van der Waals surface area contributed by atoms with Crippen LogP contribution in [-0.2, 0) is 18.9 Å². The highest BCUT2D eigenvalue weighted by molar-refractivity contribution is 5.89. The van der Waals surface area contributed by atoms with Gasteiger partial charge in [-0.25, -0.2) is 4.79 Å². The van der Waals surface area contributed by atoms with Gasteiger partial charge in [-0.3, -0.25) is 0 Å². The lowest BCUT2D eigenvalue weighted by Gasteiger charge is -2.23. The summed E-state index contributed by atoms with van der Waals surface area (Å²) in [5.41, 5.74) is 0.451. The van der Waals surface area contributed by atoms with Gasteiger partial charge in [0, 0.05) is 6.42 Å². The van der Waals surface area contributed by atoms with Gasteiger partial charge in [-0.15, -0.1) is 0 Å². The van der Waals surface area contributed by atoms with E-state index in [9.17, 15) is 9.90 Å². The van der Waals surface area contributed by atoms with Gasteiger partial charge in [0.15, 0.2) is 12.1 Å². The van der Waals surface area contributed by atoms with E-state index in [0.29, 0.717) is 12.0 Å². The van der Waals surface area contributed by atoms with Crippen molar-refractivity contribution < 1.29 is 28.8 Å². The van der Waals surface area contributed by atoms with Gasteiger partial charge < -0.3 is 24.1 Å². The van der Waals surface area contributed by atoms with Crippen molar-refractivity contribution in [3.05, 3.63) is 35.9 Å². The summed E-state index contributed by atoms with van der Waals surface area (Å²) in [6, 6.07) is 8.65. The fraction of sp³-hybridized carbons (Fsp3) is 0.562. The highest BCUT2D eigenvalue weighted by atomic mass is 16.8. The van der Waals surface area contributed by atoms with Gasteiger partial charge in [-0.2, -0.15) is 0 Å². The smallest absolute Gasteiger partial charge is 0.338 e. The second kappa shape index (κ2) is 5.96. The zero-order valence-corrected chi connectivity index (χ0v) is 12.6. The van der Waals surface area contributed by atoms with Gasteiger partial charge in [-0.1, -0.05) is 18.2 Å². The third-order valence-corrected chi connectivity index (χ3v) is 3.74. The van der Waals surface area contributed by atoms with Crippen molar-refractivity contribution in [3.63, 3.8) is 0 Å². The van der Waals surface area contributed by atoms with Gasteiger partial charge in [0.2, 0.25) is 0 Å². The zero-order chi connectivity index (χ0) is 15.7. The van der Waals surface area contributed by atoms with Crippen molar-refractivity contribution in [2.45, 2.75) is 50.7 Å². The van der Waals surface area contributed by atoms with E-state index in [1.165, 1.54) is 0 Å². The Morgan fingerprint density at radius 1 is 1.36 bits per heavy atom. The maximum Gasteiger partial charge on any atom is 0.338 e. The molecule has 0 spiro atoms. The van der Waals surface area contributed by atoms with E-state index in [0.717, 1.165) is 0 Å². The number of carbonyl (C=O) groups is 1. The van der Waals surface area contributed by atoms with Crippen molar-refractivity contribution in [1.82, 2.24) is 0 Å². The summed E-state index contributed by atoms with van der Waals surface area (Å²) in [5, 5.41) is 10.1. The molecule has 0 bridgehead atoms. The molecule has 1 aromatic rings. The van der Waals surface area contributed by atoms with Crippen LogP contribution in [0.15, 0.2) is 30.3 Å². The Balaban J connectivity index is 1.48. The first-order valence-corrected chi connectivity index (χ1v) is 7.36. The average Bonchev–Trinajstić information content (AvgIpc) is 2.98. The van der Waals surface area contributed by atoms with Crippen LogP contribution in [0.5, 0.6) is 0 Å². The predicted molar refractivity (Wildman–Crippen MR) is 76.0 cm³/mol. The molecule has 3 rings (SSSR count). The van der Waals surface area contributed by atoms with Crippen LogP contribution in [0.4, 0.5) is 0 Å². The number of hydrogen-bond donors (Lipinski definition) is 1. The van der Waals surface area contributed by atoms with Gasteiger partial charge in [0.25, 0.3) is 0 Å². The minimum atomic E-state index is -0.909. The van der Waals surface area contributed by atoms with Crippen molar-refractivity contribution in [2.75, 3.05) is 6.61 Å². The Kier molecular flexibility index (Phi) is 4.18. The van der Waals surface area contributed by atoms with Gasteiger partial charge >= 0.3 is 5.97 Å². The van der Waals surface area contributed by atoms with Gasteiger partial charge in [-0.05, 0) is 26.0 Å². The van der Waals surface area contributed by atoms with Crippen molar-refractivity contribution in [3.8, 4) is 0 Å². The van der Waals surface area contributed by atoms with Gasteiger partial charge in [0.05, 0.1) is 11.7 Å². The van der Waals surface area contributed by atoms with E-state index in [-0.39, 0.29) is 12.7 Å². The van der Waals surface area contributed by atoms with E-state index in [2.05, 4.69) is 0 Å². The third-order valence-electron chi connectivity index (χ3n) is 3.74. The molecule has 0 aromatic heterocycles. The number of hydrogen-bond acceptors (Lipinski definition) is 6. The molecule has 22 heavy (non-hydrogen) atoms. The lowest BCUT2D eigenvalue weighted by molar-refractivity contribution is -0.215. The van der Waals surface area contributed by atoms with Crippen LogP contribution in [0.25, 0.3) is 0 Å². The Morgan fingerprint density at radius 3 is 2.77 bits per heavy atom. The standard InChI is InChI=1S/C16H20O6/c1-16(2)21-13-8-12(20-15(13)22-16)11(17)9-19-14(18)10-6-4-3-5-7-10/h3-7,11-13,15,17H,8-9H2,1-2H3. The van der Waals surface area contributed by atoms with Crippen LogP contribution in [0.3, 0.4) is 0 Å². The number of aliphatic hydroxyl groups excluding tert-OH is 1. The molecule has 2 heterocycles. The minimum absolute atomic E-state index is 0.124. The third kappa shape index (κ3) is 3.30. The second-order valence-electron chi connectivity index (χ2n) is 5.98. The summed E-state index contributed by atoms with van der Waals surface area (Å²) in [6.45, 7) is 3.52. The van der Waals surface area contributed by atoms with Crippen molar-refractivity contribution in [1.29, 1.82) is 0 Å². The monoisotopic (exact) mass is 308 g/mol. The molecular formula is C16H20O6. The number of ether oxygens (including phenoxy) is 4. The number of benzene rings is 1. The SMILES string of the molecule is CC1(C)OC2CC(C(O)COC(=O)c3ccccc3)OC2O1. The number of carbonyl (C=O) groups excluding carboxylic acids is 1. The second-order valence-corrected chi connectivity index (χ2v) is 5.98. The molecular weight excluding hydrogens is 288 g/mol. The average molecular weight is 308 g/mol. The predicted octanol–water partition coefficient (Wildman–Crippen LogP) is 1.47. The first-order chi connectivity index (χ1) is 10.4. The molecule has 6 nitrogen and oxygen atoms in total. The topological polar surface area (TPSA) is 74.2 Å². The fourth-order valence-electron chi connectivity index (χ4n) is 2.71. The number of aliphatic hydroxyl groups is 1. The van der Waals surface area contributed by atoms with Crippen molar-refractivity contribution >= 4 is 5.97 Å². The molecule has 6 heteroatoms. The molecule has 0 radical (unpaired) electrons. The molecule has 2 aliphatic heterocycles. The first-order valence-electron chi connectivity index (χ1n) is 7.36. The summed E-state index contributed by atoms with van der Waals surface area (Å²) in [7, 11) is 0. The maximum absolute atomic E-state index is 11.8. The zero-order valence-electron chi connectivity index (χ0n) is 12.6. The molecule has 1 N–H and O–H groups in total. The number of esters is 1. The summed E-state index contributed by atoms with van der Waals surface area (Å²) in [4.78, 5) is 11.8. The lowest BCUT2D eigenvalue weighted by atomic mass is 10.1. The van der Waals surface area contributed by atoms with Crippen LogP contribution in [0.1, 0.15) is 30.6 Å². The first kappa shape index (κ1) is 15.4. The molecule has 4 unspecified atom stereocenters. The Labute approximate surface area is 128 Å². The molecule has 4 atom stereocenters. The Bertz CT molecular complexity index is 513. The van der Waals surface area contributed by atoms with Crippen LogP contribution < -0.4 is 0 Å². The normalized spacial score (nSPS) is 30.8. The van der Waals surface area contributed by atoms with E-state index >= 15 is 0 Å². The summed E-state index contributed by atoms with van der Waals surface area (Å²) >= 11 is 0. The highest BCUT2D eigenvalue weighted by Crippen LogP contribution is 2.37. The summed E-state index contributed by atoms with van der Waals surface area (Å²) in [6.07, 6.45) is -1.53. The van der Waals surface area contributed by atoms with Crippen LogP contribution >= 0.6 is 0 Å². The Hall–Kier alpha value is -1.47. The highest BCUT2D eigenvalue weighted by Gasteiger charge is 2.50. The maximum atomic E-state index is 11.8. The number of rotatable bonds is 4. The molecule has 120 valence electrons. The summed E-state index contributed by atoms with van der Waals surface area (Å²) < 4.78 is 22.0. The Morgan fingerprint density at radius 2 is 2.09 bits per heavy atom. The summed E-state index contributed by atoms with van der Waals surface area (Å²) in [5.74, 6) is -1.13. The molecule has 0 saturated carbocycles. The fourth-order valence-corrected chi connectivity index (χ4v) is 2.71. The lowest BCUT2D eigenvalue weighted by Crippen LogP contribution is -2.34. The van der Waals surface area contributed by atoms with Crippen LogP contribution in [-0.4, -0.2) is 48.1 Å². The van der Waals surface area contributed by atoms with Crippen molar-refractivity contribution in [2.24, 2.45) is 0 Å². The van der Waals surface area contributed by atoms with Gasteiger partial charge in [0.1, 0.15) is 18.8 Å². The van der Waals surface area contributed by atoms with E-state index in [1.54, 1.807) is 24.3 Å². The largest absolute Gasteiger partial charge is 0.459 e. The molecule has 2 saturated heterocycles. The van der Waals surface area contributed by atoms with E-state index < -0.39 is 30.3 Å². The molecule has 2 aliphatic rings. The molecule has 1 aromatic carbocycles. The van der Waals surface area contributed by atoms with Crippen LogP contribution in [0, 0.1) is 0 Å². The minimum Gasteiger partial charge on any atom is -0.459 e. The number of fused-ring (bicyclic) bond motifs is 1. The van der Waals surface area contributed by atoms with E-state index in [1.807, 2.05) is 19.9 Å². The molecule has 0 aliphatic carbocycles.